The fourth-order valence-corrected chi connectivity index (χ4v) is 5.03. The molecular weight excluding hydrogens is 465 g/mol. The number of aromatic nitrogens is 2. The van der Waals surface area contributed by atoms with Gasteiger partial charge in [-0.2, -0.15) is 26.6 Å². The van der Waals surface area contributed by atoms with E-state index < -0.39 is 21.5 Å². The maximum atomic E-state index is 13.3. The van der Waals surface area contributed by atoms with Crippen molar-refractivity contribution in [1.29, 1.82) is 0 Å². The standard InChI is InChI=1S/C25H19F3N2O3S/c1-14-12-15(2)21(16(3)13-14)22-24(33-34(31,32)25(26,27)28)29-23-19-10-5-4-8-17(19)18-9-6-7-11-20(18)30(22)23/h4-13H,1-3H3. The van der Waals surface area contributed by atoms with Gasteiger partial charge in [-0.05, 0) is 43.4 Å². The first-order chi connectivity index (χ1) is 16.0. The van der Waals surface area contributed by atoms with Gasteiger partial charge in [0.25, 0.3) is 5.88 Å². The van der Waals surface area contributed by atoms with E-state index in [4.69, 9.17) is 4.18 Å². The lowest BCUT2D eigenvalue weighted by Gasteiger charge is -2.15. The van der Waals surface area contributed by atoms with Crippen molar-refractivity contribution >= 4 is 37.4 Å². The molecule has 0 N–H and O–H groups in total. The summed E-state index contributed by atoms with van der Waals surface area (Å²) in [6, 6.07) is 18.5. The average Bonchev–Trinajstić information content (AvgIpc) is 3.11. The second-order valence-electron chi connectivity index (χ2n) is 8.24. The average molecular weight is 484 g/mol. The van der Waals surface area contributed by atoms with Gasteiger partial charge in [-0.25, -0.2) is 0 Å². The van der Waals surface area contributed by atoms with Crippen LogP contribution in [-0.2, 0) is 10.1 Å². The summed E-state index contributed by atoms with van der Waals surface area (Å²) in [6.07, 6.45) is 0. The Morgan fingerprint density at radius 1 is 0.853 bits per heavy atom. The van der Waals surface area contributed by atoms with Crippen molar-refractivity contribution in [2.24, 2.45) is 0 Å². The number of fused-ring (bicyclic) bond motifs is 6. The molecule has 0 atom stereocenters. The van der Waals surface area contributed by atoms with E-state index in [-0.39, 0.29) is 5.69 Å². The lowest BCUT2D eigenvalue weighted by atomic mass is 9.97. The summed E-state index contributed by atoms with van der Waals surface area (Å²) in [5, 5.41) is 2.34. The highest BCUT2D eigenvalue weighted by molar-refractivity contribution is 7.88. The van der Waals surface area contributed by atoms with Crippen molar-refractivity contribution in [2.45, 2.75) is 26.3 Å². The maximum absolute atomic E-state index is 13.3. The number of para-hydroxylation sites is 1. The number of alkyl halides is 3. The van der Waals surface area contributed by atoms with Crippen LogP contribution >= 0.6 is 0 Å². The van der Waals surface area contributed by atoms with Crippen molar-refractivity contribution in [1.82, 2.24) is 9.38 Å². The molecular formula is C25H19F3N2O3S. The van der Waals surface area contributed by atoms with E-state index >= 15 is 0 Å². The van der Waals surface area contributed by atoms with Gasteiger partial charge >= 0.3 is 15.6 Å². The summed E-state index contributed by atoms with van der Waals surface area (Å²) in [7, 11) is -5.95. The summed E-state index contributed by atoms with van der Waals surface area (Å²) in [5.41, 5.74) is -1.44. The fourth-order valence-electron chi connectivity index (χ4n) is 4.61. The van der Waals surface area contributed by atoms with E-state index in [0.29, 0.717) is 22.1 Å². The Balaban J connectivity index is 2.02. The maximum Gasteiger partial charge on any atom is 0.534 e. The number of hydrogen-bond donors (Lipinski definition) is 0. The van der Waals surface area contributed by atoms with Gasteiger partial charge in [-0.1, -0.05) is 60.2 Å². The van der Waals surface area contributed by atoms with Crippen LogP contribution in [0.5, 0.6) is 5.88 Å². The minimum absolute atomic E-state index is 0.153. The monoisotopic (exact) mass is 484 g/mol. The Hall–Kier alpha value is -3.59. The fraction of sp³-hybridized carbons (Fsp3) is 0.160. The van der Waals surface area contributed by atoms with Crippen LogP contribution in [0.3, 0.4) is 0 Å². The molecule has 0 saturated heterocycles. The largest absolute Gasteiger partial charge is 0.534 e. The summed E-state index contributed by atoms with van der Waals surface area (Å²) in [5.74, 6) is -0.617. The normalized spacial score (nSPS) is 12.6. The van der Waals surface area contributed by atoms with Crippen molar-refractivity contribution < 1.29 is 25.8 Å². The van der Waals surface area contributed by atoms with Crippen molar-refractivity contribution in [2.75, 3.05) is 0 Å². The highest BCUT2D eigenvalue weighted by Gasteiger charge is 2.49. The first-order valence-electron chi connectivity index (χ1n) is 10.4. The SMILES string of the molecule is Cc1cc(C)c(-c2c(OS(=O)(=O)C(F)(F)F)nc3c4ccccc4c4ccccc4n23)c(C)c1. The molecule has 5 aromatic rings. The molecule has 2 aromatic heterocycles. The van der Waals surface area contributed by atoms with Gasteiger partial charge in [0.1, 0.15) is 11.3 Å². The quantitative estimate of drug-likeness (QED) is 0.168. The molecule has 2 heterocycles. The molecule has 3 aromatic carbocycles. The molecule has 0 aliphatic rings. The molecule has 0 aliphatic heterocycles. The van der Waals surface area contributed by atoms with Crippen LogP contribution in [0.25, 0.3) is 38.6 Å². The predicted molar refractivity (Wildman–Crippen MR) is 125 cm³/mol. The Morgan fingerprint density at radius 2 is 1.41 bits per heavy atom. The van der Waals surface area contributed by atoms with Crippen molar-refractivity contribution in [3.8, 4) is 17.1 Å². The number of imidazole rings is 1. The van der Waals surface area contributed by atoms with E-state index in [2.05, 4.69) is 4.98 Å². The number of halogens is 3. The van der Waals surface area contributed by atoms with Gasteiger partial charge in [-0.3, -0.25) is 4.40 Å². The molecule has 0 bridgehead atoms. The number of nitrogens with zero attached hydrogens (tertiary/aromatic N) is 2. The van der Waals surface area contributed by atoms with Crippen molar-refractivity contribution in [3.05, 3.63) is 77.4 Å². The lowest BCUT2D eigenvalue weighted by molar-refractivity contribution is -0.0501. The van der Waals surface area contributed by atoms with E-state index in [1.165, 1.54) is 0 Å². The Morgan fingerprint density at radius 3 is 2.03 bits per heavy atom. The molecule has 0 aliphatic carbocycles. The lowest BCUT2D eigenvalue weighted by Crippen LogP contribution is -2.28. The highest BCUT2D eigenvalue weighted by atomic mass is 32.2. The molecule has 5 nitrogen and oxygen atoms in total. The van der Waals surface area contributed by atoms with E-state index in [1.807, 2.05) is 69.3 Å². The minimum atomic E-state index is -5.95. The Labute approximate surface area is 193 Å². The van der Waals surface area contributed by atoms with Crippen LogP contribution in [0.4, 0.5) is 13.2 Å². The van der Waals surface area contributed by atoms with Gasteiger partial charge < -0.3 is 4.18 Å². The molecule has 0 radical (unpaired) electrons. The summed E-state index contributed by atoms with van der Waals surface area (Å²) < 4.78 is 70.3. The molecule has 9 heteroatoms. The first kappa shape index (κ1) is 22.2. The summed E-state index contributed by atoms with van der Waals surface area (Å²) in [4.78, 5) is 4.33. The molecule has 0 fully saturated rings. The molecule has 0 amide bonds. The number of hydrogen-bond acceptors (Lipinski definition) is 4. The minimum Gasteiger partial charge on any atom is -0.353 e. The van der Waals surface area contributed by atoms with Crippen LogP contribution in [0.1, 0.15) is 16.7 Å². The Bertz CT molecular complexity index is 1700. The van der Waals surface area contributed by atoms with Crippen LogP contribution in [0.2, 0.25) is 0 Å². The third kappa shape index (κ3) is 3.30. The number of benzene rings is 3. The highest BCUT2D eigenvalue weighted by Crippen LogP contribution is 2.42. The second-order valence-corrected chi connectivity index (χ2v) is 9.78. The number of pyridine rings is 1. The van der Waals surface area contributed by atoms with Gasteiger partial charge in [0.05, 0.1) is 5.52 Å². The van der Waals surface area contributed by atoms with E-state index in [9.17, 15) is 21.6 Å². The second kappa shape index (κ2) is 7.46. The zero-order valence-corrected chi connectivity index (χ0v) is 19.3. The number of rotatable bonds is 3. The van der Waals surface area contributed by atoms with Crippen LogP contribution < -0.4 is 4.18 Å². The first-order valence-corrected chi connectivity index (χ1v) is 11.8. The van der Waals surface area contributed by atoms with Crippen LogP contribution in [0, 0.1) is 20.8 Å². The summed E-state index contributed by atoms with van der Waals surface area (Å²) in [6.45, 7) is 5.55. The van der Waals surface area contributed by atoms with Crippen LogP contribution in [0.15, 0.2) is 60.7 Å². The topological polar surface area (TPSA) is 60.7 Å². The van der Waals surface area contributed by atoms with E-state index in [1.54, 1.807) is 16.5 Å². The third-order valence-electron chi connectivity index (χ3n) is 5.83. The van der Waals surface area contributed by atoms with Crippen LogP contribution in [-0.4, -0.2) is 23.3 Å². The molecule has 174 valence electrons. The predicted octanol–water partition coefficient (Wildman–Crippen LogP) is 6.46. The zero-order valence-electron chi connectivity index (χ0n) is 18.4. The zero-order chi connectivity index (χ0) is 24.4. The van der Waals surface area contributed by atoms with Gasteiger partial charge in [0.15, 0.2) is 0 Å². The molecule has 5 rings (SSSR count). The van der Waals surface area contributed by atoms with Gasteiger partial charge in [0.2, 0.25) is 0 Å². The molecule has 34 heavy (non-hydrogen) atoms. The number of aryl methyl sites for hydroxylation is 3. The molecule has 0 spiro atoms. The third-order valence-corrected chi connectivity index (χ3v) is 6.78. The Kier molecular flexibility index (Phi) is 4.87. The molecule has 0 unspecified atom stereocenters. The molecule has 0 saturated carbocycles. The van der Waals surface area contributed by atoms with E-state index in [0.717, 1.165) is 27.5 Å². The van der Waals surface area contributed by atoms with Crippen molar-refractivity contribution in [3.63, 3.8) is 0 Å². The van der Waals surface area contributed by atoms with Gasteiger partial charge in [0, 0.05) is 16.3 Å². The smallest absolute Gasteiger partial charge is 0.353 e. The summed E-state index contributed by atoms with van der Waals surface area (Å²) >= 11 is 0. The van der Waals surface area contributed by atoms with Gasteiger partial charge in [-0.15, -0.1) is 0 Å².